The highest BCUT2D eigenvalue weighted by atomic mass is 16.4. The van der Waals surface area contributed by atoms with Crippen molar-refractivity contribution in [2.24, 2.45) is 0 Å². The number of anilines is 1. The van der Waals surface area contributed by atoms with Crippen LogP contribution in [0.3, 0.4) is 0 Å². The number of carbonyl (C=O) groups excluding carboxylic acids is 4. The molecule has 0 saturated heterocycles. The second-order valence-electron chi connectivity index (χ2n) is 6.64. The Bertz CT molecular complexity index is 1190. The topological polar surface area (TPSA) is 119 Å². The van der Waals surface area contributed by atoms with Crippen molar-refractivity contribution >= 4 is 29.4 Å². The molecule has 148 valence electrons. The summed E-state index contributed by atoms with van der Waals surface area (Å²) in [5, 5.41) is 13.5. The van der Waals surface area contributed by atoms with E-state index in [2.05, 4.69) is 10.3 Å². The Morgan fingerprint density at radius 2 is 1.73 bits per heavy atom. The summed E-state index contributed by atoms with van der Waals surface area (Å²) >= 11 is 0. The molecule has 0 unspecified atom stereocenters. The van der Waals surface area contributed by atoms with Gasteiger partial charge in [0.05, 0.1) is 23.6 Å². The van der Waals surface area contributed by atoms with Gasteiger partial charge < -0.3 is 15.2 Å². The molecule has 1 aliphatic rings. The Morgan fingerprint density at radius 3 is 2.47 bits per heavy atom. The summed E-state index contributed by atoms with van der Waals surface area (Å²) in [4.78, 5) is 54.0. The van der Waals surface area contributed by atoms with Gasteiger partial charge >= 0.3 is 0 Å². The molecule has 30 heavy (non-hydrogen) atoms. The lowest BCUT2D eigenvalue weighted by Crippen LogP contribution is -2.29. The molecule has 4 rings (SSSR count). The van der Waals surface area contributed by atoms with Crippen LogP contribution in [0.25, 0.3) is 0 Å². The lowest BCUT2D eigenvalue weighted by molar-refractivity contribution is -0.255. The number of carbonyl (C=O) groups is 4. The van der Waals surface area contributed by atoms with Crippen LogP contribution in [0.15, 0.2) is 67.0 Å². The number of amides is 3. The lowest BCUT2D eigenvalue weighted by Gasteiger charge is -2.13. The monoisotopic (exact) mass is 400 g/mol. The van der Waals surface area contributed by atoms with Crippen molar-refractivity contribution in [3.63, 3.8) is 0 Å². The summed E-state index contributed by atoms with van der Waals surface area (Å²) in [6.45, 7) is 0.0811. The Morgan fingerprint density at radius 1 is 0.933 bits per heavy atom. The van der Waals surface area contributed by atoms with Gasteiger partial charge in [0.25, 0.3) is 17.7 Å². The summed E-state index contributed by atoms with van der Waals surface area (Å²) in [6, 6.07) is 13.3. The Labute approximate surface area is 170 Å². The van der Waals surface area contributed by atoms with Gasteiger partial charge in [-0.25, -0.2) is 0 Å². The van der Waals surface area contributed by atoms with Crippen molar-refractivity contribution < 1.29 is 24.3 Å². The third kappa shape index (κ3) is 3.53. The third-order valence-electron chi connectivity index (χ3n) is 4.65. The number of nitrogens with one attached hydrogen (secondary N) is 1. The number of aromatic carboxylic acids is 1. The molecule has 2 heterocycles. The number of carboxylic acids is 1. The van der Waals surface area contributed by atoms with Crippen molar-refractivity contribution in [3.8, 4) is 0 Å². The van der Waals surface area contributed by atoms with Gasteiger partial charge in [-0.15, -0.1) is 0 Å². The smallest absolute Gasteiger partial charge is 0.261 e. The van der Waals surface area contributed by atoms with E-state index in [0.717, 1.165) is 4.90 Å². The molecular weight excluding hydrogens is 386 g/mol. The number of pyridine rings is 1. The first kappa shape index (κ1) is 19.0. The van der Waals surface area contributed by atoms with Gasteiger partial charge in [0, 0.05) is 23.6 Å². The summed E-state index contributed by atoms with van der Waals surface area (Å²) in [5.41, 5.74) is 1.42. The number of hydrogen-bond acceptors (Lipinski definition) is 6. The van der Waals surface area contributed by atoms with Crippen LogP contribution in [0, 0.1) is 0 Å². The molecule has 0 spiro atoms. The van der Waals surface area contributed by atoms with E-state index in [1.165, 1.54) is 42.5 Å². The van der Waals surface area contributed by atoms with Gasteiger partial charge in [-0.1, -0.05) is 18.2 Å². The van der Waals surface area contributed by atoms with Gasteiger partial charge in [-0.05, 0) is 47.5 Å². The van der Waals surface area contributed by atoms with E-state index in [1.54, 1.807) is 24.5 Å². The van der Waals surface area contributed by atoms with Gasteiger partial charge in [-0.2, -0.15) is 0 Å². The Kier molecular flexibility index (Phi) is 4.81. The van der Waals surface area contributed by atoms with Crippen LogP contribution in [0.2, 0.25) is 0 Å². The first-order chi connectivity index (χ1) is 14.4. The van der Waals surface area contributed by atoms with Gasteiger partial charge in [0.2, 0.25) is 0 Å². The van der Waals surface area contributed by atoms with Crippen LogP contribution in [-0.2, 0) is 6.54 Å². The normalized spacial score (nSPS) is 12.6. The van der Waals surface area contributed by atoms with Crippen LogP contribution in [-0.4, -0.2) is 33.6 Å². The van der Waals surface area contributed by atoms with Gasteiger partial charge in [0.1, 0.15) is 0 Å². The molecule has 0 radical (unpaired) electrons. The van der Waals surface area contributed by atoms with Crippen LogP contribution in [0.5, 0.6) is 0 Å². The Balaban J connectivity index is 1.56. The van der Waals surface area contributed by atoms with Crippen LogP contribution in [0.1, 0.15) is 47.0 Å². The van der Waals surface area contributed by atoms with Crippen LogP contribution in [0.4, 0.5) is 5.69 Å². The minimum atomic E-state index is -1.36. The van der Waals surface area contributed by atoms with Crippen molar-refractivity contribution in [1.82, 2.24) is 9.88 Å². The number of nitrogens with zero attached hydrogens (tertiary/aromatic N) is 2. The second kappa shape index (κ2) is 7.59. The van der Waals surface area contributed by atoms with E-state index >= 15 is 0 Å². The number of fused-ring (bicyclic) bond motifs is 1. The molecule has 1 aromatic heterocycles. The molecule has 0 aliphatic carbocycles. The quantitative estimate of drug-likeness (QED) is 0.648. The zero-order valence-corrected chi connectivity index (χ0v) is 15.5. The standard InChI is InChI=1S/C22H15N3O5/c26-19(24-16-5-1-4-15(9-16)22(29)30)14-6-7-17-18(10-14)21(28)25(20(17)27)12-13-3-2-8-23-11-13/h1-11H,12H2,(H,24,26)(H,29,30)/p-1. The molecule has 1 N–H and O–H groups in total. The van der Waals surface area contributed by atoms with E-state index < -0.39 is 23.7 Å². The number of carboxylic acid groups (broad SMARTS) is 1. The molecule has 3 aromatic rings. The molecule has 2 aromatic carbocycles. The SMILES string of the molecule is O=C([O-])c1cccc(NC(=O)c2ccc3c(c2)C(=O)N(Cc2cccnc2)C3=O)c1. The van der Waals surface area contributed by atoms with E-state index in [-0.39, 0.29) is 34.5 Å². The average Bonchev–Trinajstić information content (AvgIpc) is 2.99. The van der Waals surface area contributed by atoms with Crippen molar-refractivity contribution in [3.05, 3.63) is 94.8 Å². The molecule has 0 fully saturated rings. The number of aromatic nitrogens is 1. The molecule has 1 aliphatic heterocycles. The van der Waals surface area contributed by atoms with Crippen molar-refractivity contribution in [2.45, 2.75) is 6.54 Å². The van der Waals surface area contributed by atoms with E-state index in [0.29, 0.717) is 5.56 Å². The fourth-order valence-corrected chi connectivity index (χ4v) is 3.18. The molecule has 0 bridgehead atoms. The third-order valence-corrected chi connectivity index (χ3v) is 4.65. The number of hydrogen-bond donors (Lipinski definition) is 1. The number of benzene rings is 2. The van der Waals surface area contributed by atoms with E-state index in [4.69, 9.17) is 0 Å². The highest BCUT2D eigenvalue weighted by Gasteiger charge is 2.36. The predicted molar refractivity (Wildman–Crippen MR) is 104 cm³/mol. The molecule has 3 amide bonds. The summed E-state index contributed by atoms with van der Waals surface area (Å²) in [6.07, 6.45) is 3.17. The lowest BCUT2D eigenvalue weighted by atomic mass is 10.1. The fourth-order valence-electron chi connectivity index (χ4n) is 3.18. The molecular formula is C22H14N3O5-. The van der Waals surface area contributed by atoms with Crippen LogP contribution >= 0.6 is 0 Å². The van der Waals surface area contributed by atoms with E-state index in [9.17, 15) is 24.3 Å². The highest BCUT2D eigenvalue weighted by Crippen LogP contribution is 2.26. The molecule has 8 nitrogen and oxygen atoms in total. The summed E-state index contributed by atoms with van der Waals surface area (Å²) in [5.74, 6) is -2.83. The van der Waals surface area contributed by atoms with Crippen molar-refractivity contribution in [2.75, 3.05) is 5.32 Å². The maximum absolute atomic E-state index is 12.7. The largest absolute Gasteiger partial charge is 0.545 e. The maximum atomic E-state index is 12.7. The molecule has 8 heteroatoms. The summed E-state index contributed by atoms with van der Waals surface area (Å²) in [7, 11) is 0. The number of rotatable bonds is 5. The molecule has 0 atom stereocenters. The van der Waals surface area contributed by atoms with Gasteiger partial charge in [0.15, 0.2) is 0 Å². The minimum Gasteiger partial charge on any atom is -0.545 e. The first-order valence-electron chi connectivity index (χ1n) is 8.96. The zero-order valence-electron chi connectivity index (χ0n) is 15.5. The maximum Gasteiger partial charge on any atom is 0.261 e. The number of imide groups is 1. The minimum absolute atomic E-state index is 0.0754. The summed E-state index contributed by atoms with van der Waals surface area (Å²) < 4.78 is 0. The fraction of sp³-hybridized carbons (Fsp3) is 0.0455. The van der Waals surface area contributed by atoms with E-state index in [1.807, 2.05) is 0 Å². The first-order valence-corrected chi connectivity index (χ1v) is 8.96. The Hall–Kier alpha value is -4.33. The van der Waals surface area contributed by atoms with Crippen LogP contribution < -0.4 is 10.4 Å². The zero-order chi connectivity index (χ0) is 21.3. The second-order valence-corrected chi connectivity index (χ2v) is 6.64. The average molecular weight is 400 g/mol. The predicted octanol–water partition coefficient (Wildman–Crippen LogP) is 1.49. The van der Waals surface area contributed by atoms with Gasteiger partial charge in [-0.3, -0.25) is 24.3 Å². The van der Waals surface area contributed by atoms with Crippen molar-refractivity contribution in [1.29, 1.82) is 0 Å². The highest BCUT2D eigenvalue weighted by molar-refractivity contribution is 6.22. The molecule has 0 saturated carbocycles.